The van der Waals surface area contributed by atoms with Crippen LogP contribution in [0, 0.1) is 0 Å². The summed E-state index contributed by atoms with van der Waals surface area (Å²) in [4.78, 5) is 3.90. The number of aromatic nitrogens is 1. The molecule has 0 atom stereocenters. The maximum absolute atomic E-state index is 11.8. The number of nitrogens with two attached hydrogens (primary N) is 3. The highest BCUT2D eigenvalue weighted by atomic mass is 32.2. The van der Waals surface area contributed by atoms with Crippen molar-refractivity contribution < 1.29 is 13.8 Å². The van der Waals surface area contributed by atoms with Gasteiger partial charge in [0, 0.05) is 10.8 Å². The maximum atomic E-state index is 11.8. The van der Waals surface area contributed by atoms with E-state index in [1.54, 1.807) is 5.38 Å². The number of nitrogen functional groups attached to an aromatic ring is 1. The van der Waals surface area contributed by atoms with Crippen LogP contribution in [0.5, 0.6) is 0 Å². The smallest absolute Gasteiger partial charge is 0.270 e. The summed E-state index contributed by atoms with van der Waals surface area (Å²) < 4.78 is 27.1. The second kappa shape index (κ2) is 8.27. The summed E-state index contributed by atoms with van der Waals surface area (Å²) in [6, 6.07) is 15.3. The van der Waals surface area contributed by atoms with E-state index in [0.717, 1.165) is 5.56 Å². The molecule has 7 nitrogen and oxygen atoms in total. The van der Waals surface area contributed by atoms with E-state index in [1.807, 2.05) is 30.3 Å². The highest BCUT2D eigenvalue weighted by molar-refractivity contribution is 7.94. The molecule has 0 spiro atoms. The molecule has 0 saturated heterocycles. The van der Waals surface area contributed by atoms with Gasteiger partial charge in [0.05, 0.1) is 10.5 Å². The van der Waals surface area contributed by atoms with Crippen LogP contribution in [0.2, 0.25) is 0 Å². The van der Waals surface area contributed by atoms with Crippen molar-refractivity contribution in [1.29, 1.82) is 0 Å². The topological polar surface area (TPSA) is 139 Å². The van der Waals surface area contributed by atoms with Crippen LogP contribution in [0.1, 0.15) is 5.56 Å². The fraction of sp³-hybridized carbons (Fsp3) is 0. The molecule has 1 heterocycles. The molecule has 0 aliphatic heterocycles. The van der Waals surface area contributed by atoms with Gasteiger partial charge in [-0.05, 0) is 41.8 Å². The van der Waals surface area contributed by atoms with Crippen LogP contribution in [0.4, 0.5) is 10.8 Å². The fourth-order valence-corrected chi connectivity index (χ4v) is 3.36. The normalized spacial score (nSPS) is 10.4. The van der Waals surface area contributed by atoms with E-state index in [4.69, 9.17) is 16.9 Å². The Bertz CT molecular complexity index is 909. The number of hydrogen-bond donors (Lipinski definition) is 3. The minimum atomic E-state index is -3.68. The summed E-state index contributed by atoms with van der Waals surface area (Å²) in [5.41, 5.74) is 12.2. The molecule has 0 saturated carbocycles. The van der Waals surface area contributed by atoms with Gasteiger partial charge in [0.1, 0.15) is 0 Å². The summed E-state index contributed by atoms with van der Waals surface area (Å²) in [6.07, 6.45) is 1.50. The van der Waals surface area contributed by atoms with Crippen LogP contribution in [0.3, 0.4) is 0 Å². The Morgan fingerprint density at radius 3 is 2.20 bits per heavy atom. The Kier molecular flexibility index (Phi) is 6.09. The predicted molar refractivity (Wildman–Crippen MR) is 99.8 cm³/mol. The highest BCUT2D eigenvalue weighted by Gasteiger charge is 2.09. The molecule has 0 radical (unpaired) electrons. The molecule has 0 amide bonds. The van der Waals surface area contributed by atoms with Crippen LogP contribution in [0.25, 0.3) is 4.72 Å². The van der Waals surface area contributed by atoms with Gasteiger partial charge in [-0.15, -0.1) is 0 Å². The molecule has 1 aromatic heterocycles. The predicted octanol–water partition coefficient (Wildman–Crippen LogP) is 1.27. The standard InChI is InChI=1S/C9H8N3O2S2.C7H8N2/c10-7-1-3-8(4-2-7)16(13,14)12-9-11-5-6-15-9;8-7(9)6-4-2-1-3-5-6/h1-6H,10H2;1-5H,(H3,8,9)/q-1;/p+1. The molecular weight excluding hydrogens is 358 g/mol. The molecule has 0 fully saturated rings. The maximum Gasteiger partial charge on any atom is 0.270 e. The van der Waals surface area contributed by atoms with E-state index >= 15 is 0 Å². The molecule has 0 aliphatic rings. The lowest BCUT2D eigenvalue weighted by Gasteiger charge is -2.11. The van der Waals surface area contributed by atoms with Crippen LogP contribution < -0.4 is 16.9 Å². The number of hydrogen-bond acceptors (Lipinski definition) is 5. The largest absolute Gasteiger partial charge is 0.433 e. The number of rotatable bonds is 4. The van der Waals surface area contributed by atoms with Gasteiger partial charge in [-0.1, -0.05) is 24.4 Å². The average Bonchev–Trinajstić information content (AvgIpc) is 3.09. The molecule has 9 heteroatoms. The molecular formula is C16H17N5O2S2. The van der Waals surface area contributed by atoms with Crippen molar-refractivity contribution in [2.45, 2.75) is 4.90 Å². The molecule has 0 unspecified atom stereocenters. The number of nitrogens with zero attached hydrogens (tertiary/aromatic N) is 2. The second-order valence-corrected chi connectivity index (χ2v) is 7.25. The highest BCUT2D eigenvalue weighted by Crippen LogP contribution is 2.29. The van der Waals surface area contributed by atoms with E-state index < -0.39 is 10.0 Å². The summed E-state index contributed by atoms with van der Waals surface area (Å²) in [5.74, 6) is 0.371. The van der Waals surface area contributed by atoms with Crippen molar-refractivity contribution >= 4 is 38.0 Å². The summed E-state index contributed by atoms with van der Waals surface area (Å²) >= 11 is 1.17. The number of amidine groups is 1. The SMILES string of the molecule is NC(=[NH2+])c1ccccc1.Nc1ccc(S(=O)(=O)[N-]c2nccs2)cc1. The minimum Gasteiger partial charge on any atom is -0.433 e. The average molecular weight is 375 g/mol. The van der Waals surface area contributed by atoms with Crippen molar-refractivity contribution in [2.75, 3.05) is 5.73 Å². The van der Waals surface area contributed by atoms with E-state index in [-0.39, 0.29) is 10.0 Å². The summed E-state index contributed by atoms with van der Waals surface area (Å²) in [5, 5.41) is 7.19. The van der Waals surface area contributed by atoms with Crippen molar-refractivity contribution in [3.63, 3.8) is 0 Å². The number of thiazole rings is 1. The molecule has 3 aromatic rings. The van der Waals surface area contributed by atoms with E-state index in [1.165, 1.54) is 41.8 Å². The Balaban J connectivity index is 0.000000212. The molecule has 25 heavy (non-hydrogen) atoms. The third-order valence-corrected chi connectivity index (χ3v) is 4.96. The lowest BCUT2D eigenvalue weighted by Crippen LogP contribution is -2.46. The molecule has 0 bridgehead atoms. The van der Waals surface area contributed by atoms with Crippen molar-refractivity contribution in [3.8, 4) is 0 Å². The first kappa shape index (κ1) is 18.4. The van der Waals surface area contributed by atoms with Gasteiger partial charge in [-0.2, -0.15) is 11.3 Å². The van der Waals surface area contributed by atoms with Gasteiger partial charge in [-0.25, -0.2) is 8.42 Å². The monoisotopic (exact) mass is 375 g/mol. The van der Waals surface area contributed by atoms with E-state index in [0.29, 0.717) is 11.5 Å². The molecule has 0 aliphatic carbocycles. The van der Waals surface area contributed by atoms with Crippen LogP contribution in [-0.4, -0.2) is 19.2 Å². The van der Waals surface area contributed by atoms with Gasteiger partial charge in [-0.3, -0.25) is 11.1 Å². The summed E-state index contributed by atoms with van der Waals surface area (Å²) in [7, 11) is -3.68. The molecule has 130 valence electrons. The Hall–Kier alpha value is -2.91. The van der Waals surface area contributed by atoms with E-state index in [2.05, 4.69) is 9.71 Å². The fourth-order valence-electron chi connectivity index (χ4n) is 1.69. The zero-order chi connectivity index (χ0) is 18.3. The summed E-state index contributed by atoms with van der Waals surface area (Å²) in [6.45, 7) is 0. The number of sulfonamides is 1. The number of anilines is 1. The van der Waals surface area contributed by atoms with Crippen molar-refractivity contribution in [3.05, 3.63) is 76.5 Å². The van der Waals surface area contributed by atoms with E-state index in [9.17, 15) is 8.42 Å². The first-order valence-corrected chi connectivity index (χ1v) is 9.37. The Morgan fingerprint density at radius 2 is 1.72 bits per heavy atom. The number of benzene rings is 2. The zero-order valence-electron chi connectivity index (χ0n) is 13.1. The van der Waals surface area contributed by atoms with Crippen LogP contribution in [0.15, 0.2) is 71.1 Å². The lowest BCUT2D eigenvalue weighted by molar-refractivity contribution is -0.114. The first-order chi connectivity index (χ1) is 11.9. The van der Waals surface area contributed by atoms with Gasteiger partial charge in [0.2, 0.25) is 10.0 Å². The van der Waals surface area contributed by atoms with Gasteiger partial charge < -0.3 is 15.4 Å². The van der Waals surface area contributed by atoms with Crippen LogP contribution in [-0.2, 0) is 10.0 Å². The van der Waals surface area contributed by atoms with Gasteiger partial charge in [0.25, 0.3) is 5.84 Å². The lowest BCUT2D eigenvalue weighted by atomic mass is 10.2. The Labute approximate surface area is 149 Å². The minimum absolute atomic E-state index is 0.108. The second-order valence-electron chi connectivity index (χ2n) is 4.77. The van der Waals surface area contributed by atoms with Crippen molar-refractivity contribution in [2.24, 2.45) is 5.73 Å². The quantitative estimate of drug-likeness (QED) is 0.358. The third kappa shape index (κ3) is 5.59. The van der Waals surface area contributed by atoms with Crippen molar-refractivity contribution in [1.82, 2.24) is 4.98 Å². The molecule has 6 N–H and O–H groups in total. The third-order valence-electron chi connectivity index (χ3n) is 2.90. The Morgan fingerprint density at radius 1 is 1.08 bits per heavy atom. The molecule has 3 rings (SSSR count). The first-order valence-electron chi connectivity index (χ1n) is 7.05. The molecule has 2 aromatic carbocycles. The van der Waals surface area contributed by atoms with Gasteiger partial charge >= 0.3 is 0 Å². The van der Waals surface area contributed by atoms with Gasteiger partial charge in [0.15, 0.2) is 0 Å². The van der Waals surface area contributed by atoms with Crippen LogP contribution >= 0.6 is 11.3 Å². The zero-order valence-corrected chi connectivity index (χ0v) is 14.7.